The Morgan fingerprint density at radius 2 is 2.10 bits per heavy atom. The van der Waals surface area contributed by atoms with E-state index < -0.39 is 28.0 Å². The van der Waals surface area contributed by atoms with Crippen molar-refractivity contribution in [2.75, 3.05) is 6.54 Å². The largest absolute Gasteiger partial charge is 0.481 e. The van der Waals surface area contributed by atoms with E-state index in [4.69, 9.17) is 11.6 Å². The summed E-state index contributed by atoms with van der Waals surface area (Å²) in [5.74, 6) is -1.63. The highest BCUT2D eigenvalue weighted by Crippen LogP contribution is 2.32. The maximum atomic E-state index is 12.8. The van der Waals surface area contributed by atoms with Gasteiger partial charge in [0.1, 0.15) is 0 Å². The molecule has 7 heteroatoms. The van der Waals surface area contributed by atoms with Gasteiger partial charge in [0.15, 0.2) is 0 Å². The van der Waals surface area contributed by atoms with Crippen LogP contribution in [-0.2, 0) is 14.8 Å². The van der Waals surface area contributed by atoms with Crippen LogP contribution < -0.4 is 0 Å². The summed E-state index contributed by atoms with van der Waals surface area (Å²) in [6.45, 7) is 3.63. The lowest BCUT2D eigenvalue weighted by Crippen LogP contribution is -2.49. The van der Waals surface area contributed by atoms with Crippen LogP contribution in [0.3, 0.4) is 0 Å². The molecule has 0 spiro atoms. The molecule has 0 saturated carbocycles. The van der Waals surface area contributed by atoms with E-state index in [1.807, 2.05) is 0 Å². The van der Waals surface area contributed by atoms with Crippen LogP contribution in [0.1, 0.15) is 25.3 Å². The normalized spacial score (nSPS) is 24.0. The minimum absolute atomic E-state index is 0.146. The molecule has 0 bridgehead atoms. The third kappa shape index (κ3) is 2.93. The molecule has 1 aliphatic rings. The SMILES string of the molecule is Cc1c(Cl)cccc1S(=O)(=O)N1CCC[C@@H](C(=O)O)[C@H]1C. The van der Waals surface area contributed by atoms with E-state index >= 15 is 0 Å². The number of benzene rings is 1. The maximum Gasteiger partial charge on any atom is 0.308 e. The van der Waals surface area contributed by atoms with Gasteiger partial charge in [-0.1, -0.05) is 17.7 Å². The van der Waals surface area contributed by atoms with Crippen molar-refractivity contribution in [3.8, 4) is 0 Å². The fourth-order valence-corrected chi connectivity index (χ4v) is 4.96. The van der Waals surface area contributed by atoms with Crippen LogP contribution in [0.2, 0.25) is 5.02 Å². The van der Waals surface area contributed by atoms with E-state index in [0.29, 0.717) is 30.0 Å². The zero-order valence-electron chi connectivity index (χ0n) is 11.9. The quantitative estimate of drug-likeness (QED) is 0.923. The standard InChI is InChI=1S/C14H18ClNO4S/c1-9-12(15)6-3-7-13(9)21(19,20)16-8-4-5-11(10(16)2)14(17)18/h3,6-7,10-11H,4-5,8H2,1-2H3,(H,17,18)/t10-,11-/m1/s1. The fourth-order valence-electron chi connectivity index (χ4n) is 2.77. The van der Waals surface area contributed by atoms with Gasteiger partial charge in [-0.05, 0) is 44.4 Å². The van der Waals surface area contributed by atoms with Crippen molar-refractivity contribution in [2.24, 2.45) is 5.92 Å². The summed E-state index contributed by atoms with van der Waals surface area (Å²) in [5, 5.41) is 9.60. The first kappa shape index (κ1) is 16.3. The number of nitrogens with zero attached hydrogens (tertiary/aromatic N) is 1. The number of piperidine rings is 1. The van der Waals surface area contributed by atoms with Crippen LogP contribution >= 0.6 is 11.6 Å². The van der Waals surface area contributed by atoms with Gasteiger partial charge in [0.05, 0.1) is 10.8 Å². The van der Waals surface area contributed by atoms with Crippen molar-refractivity contribution in [1.82, 2.24) is 4.31 Å². The van der Waals surface area contributed by atoms with Crippen LogP contribution in [0.25, 0.3) is 0 Å². The predicted molar refractivity (Wildman–Crippen MR) is 79.9 cm³/mol. The summed E-state index contributed by atoms with van der Waals surface area (Å²) < 4.78 is 26.9. The summed E-state index contributed by atoms with van der Waals surface area (Å²) in [6, 6.07) is 4.16. The first-order valence-corrected chi connectivity index (χ1v) is 8.58. The van der Waals surface area contributed by atoms with E-state index in [9.17, 15) is 18.3 Å². The van der Waals surface area contributed by atoms with Crippen LogP contribution in [-0.4, -0.2) is 36.4 Å². The Hall–Kier alpha value is -1.11. The van der Waals surface area contributed by atoms with E-state index in [2.05, 4.69) is 0 Å². The number of carbonyl (C=O) groups is 1. The Morgan fingerprint density at radius 1 is 1.43 bits per heavy atom. The Kier molecular flexibility index (Phi) is 4.60. The van der Waals surface area contributed by atoms with Crippen molar-refractivity contribution < 1.29 is 18.3 Å². The number of aliphatic carboxylic acids is 1. The first-order chi connectivity index (χ1) is 9.76. The Labute approximate surface area is 129 Å². The molecule has 1 fully saturated rings. The molecule has 5 nitrogen and oxygen atoms in total. The van der Waals surface area contributed by atoms with Gasteiger partial charge in [-0.15, -0.1) is 0 Å². The lowest BCUT2D eigenvalue weighted by molar-refractivity contribution is -0.144. The van der Waals surface area contributed by atoms with Crippen LogP contribution in [0.15, 0.2) is 23.1 Å². The molecule has 2 atom stereocenters. The molecule has 1 heterocycles. The lowest BCUT2D eigenvalue weighted by atomic mass is 9.92. The van der Waals surface area contributed by atoms with E-state index in [1.54, 1.807) is 26.0 Å². The number of hydrogen-bond donors (Lipinski definition) is 1. The molecule has 0 radical (unpaired) electrons. The van der Waals surface area contributed by atoms with Crippen LogP contribution in [0.4, 0.5) is 0 Å². The van der Waals surface area contributed by atoms with E-state index in [1.165, 1.54) is 10.4 Å². The molecule has 0 amide bonds. The average Bonchev–Trinajstić information content (AvgIpc) is 2.41. The second kappa shape index (κ2) is 5.94. The average molecular weight is 332 g/mol. The maximum absolute atomic E-state index is 12.8. The smallest absolute Gasteiger partial charge is 0.308 e. The fraction of sp³-hybridized carbons (Fsp3) is 0.500. The zero-order chi connectivity index (χ0) is 15.8. The molecule has 1 aliphatic heterocycles. The molecule has 0 unspecified atom stereocenters. The number of halogens is 1. The highest BCUT2D eigenvalue weighted by atomic mass is 35.5. The first-order valence-electron chi connectivity index (χ1n) is 6.76. The highest BCUT2D eigenvalue weighted by molar-refractivity contribution is 7.89. The van der Waals surface area contributed by atoms with Gasteiger partial charge in [0, 0.05) is 17.6 Å². The van der Waals surface area contributed by atoms with Gasteiger partial charge in [-0.25, -0.2) is 8.42 Å². The second-order valence-corrected chi connectivity index (χ2v) is 7.57. The number of sulfonamides is 1. The van der Waals surface area contributed by atoms with E-state index in [-0.39, 0.29) is 4.90 Å². The molecule has 0 aromatic heterocycles. The van der Waals surface area contributed by atoms with Crippen LogP contribution in [0, 0.1) is 12.8 Å². The Bertz CT molecular complexity index is 659. The molecule has 0 aliphatic carbocycles. The minimum atomic E-state index is -3.75. The Morgan fingerprint density at radius 3 is 2.71 bits per heavy atom. The van der Waals surface area contributed by atoms with E-state index in [0.717, 1.165) is 0 Å². The van der Waals surface area contributed by atoms with Crippen molar-refractivity contribution in [3.63, 3.8) is 0 Å². The molecule has 2 rings (SSSR count). The van der Waals surface area contributed by atoms with Gasteiger partial charge in [0.25, 0.3) is 0 Å². The summed E-state index contributed by atoms with van der Waals surface area (Å²) >= 11 is 6.00. The lowest BCUT2D eigenvalue weighted by Gasteiger charge is -2.36. The van der Waals surface area contributed by atoms with Gasteiger partial charge in [0.2, 0.25) is 10.0 Å². The van der Waals surface area contributed by atoms with Crippen LogP contribution in [0.5, 0.6) is 0 Å². The number of rotatable bonds is 3. The molecule has 1 aromatic rings. The molecule has 1 N–H and O–H groups in total. The second-order valence-electron chi connectivity index (χ2n) is 5.31. The summed E-state index contributed by atoms with van der Waals surface area (Å²) in [4.78, 5) is 11.4. The molecule has 21 heavy (non-hydrogen) atoms. The molecular formula is C14H18ClNO4S. The Balaban J connectivity index is 2.43. The molecule has 1 aromatic carbocycles. The minimum Gasteiger partial charge on any atom is -0.481 e. The van der Waals surface area contributed by atoms with Crippen molar-refractivity contribution >= 4 is 27.6 Å². The van der Waals surface area contributed by atoms with Gasteiger partial charge < -0.3 is 5.11 Å². The summed E-state index contributed by atoms with van der Waals surface area (Å²) in [6.07, 6.45) is 1.04. The third-order valence-corrected chi connectivity index (χ3v) is 6.59. The van der Waals surface area contributed by atoms with Gasteiger partial charge >= 0.3 is 5.97 Å². The zero-order valence-corrected chi connectivity index (χ0v) is 13.5. The summed E-state index contributed by atoms with van der Waals surface area (Å²) in [5.41, 5.74) is 0.490. The number of carboxylic acids is 1. The van der Waals surface area contributed by atoms with Crippen molar-refractivity contribution in [2.45, 2.75) is 37.6 Å². The number of hydrogen-bond acceptors (Lipinski definition) is 3. The third-order valence-electron chi connectivity index (χ3n) is 4.05. The molecular weight excluding hydrogens is 314 g/mol. The van der Waals surface area contributed by atoms with Crippen molar-refractivity contribution in [1.29, 1.82) is 0 Å². The molecule has 116 valence electrons. The summed E-state index contributed by atoms with van der Waals surface area (Å²) in [7, 11) is -3.75. The van der Waals surface area contributed by atoms with Crippen molar-refractivity contribution in [3.05, 3.63) is 28.8 Å². The van der Waals surface area contributed by atoms with Gasteiger partial charge in [-0.3, -0.25) is 4.79 Å². The highest BCUT2D eigenvalue weighted by Gasteiger charge is 2.40. The topological polar surface area (TPSA) is 74.7 Å². The predicted octanol–water partition coefficient (Wildman–Crippen LogP) is 2.52. The molecule has 1 saturated heterocycles. The number of carboxylic acid groups (broad SMARTS) is 1. The monoisotopic (exact) mass is 331 g/mol. The van der Waals surface area contributed by atoms with Gasteiger partial charge in [-0.2, -0.15) is 4.31 Å².